The van der Waals surface area contributed by atoms with Crippen LogP contribution in [0.1, 0.15) is 49.1 Å². The summed E-state index contributed by atoms with van der Waals surface area (Å²) >= 11 is 5.92. The molecule has 9 heterocycles. The van der Waals surface area contributed by atoms with Gasteiger partial charge in [0.25, 0.3) is 23.6 Å². The van der Waals surface area contributed by atoms with Crippen LogP contribution >= 0.6 is 11.6 Å². The number of aromatic nitrogens is 2. The highest BCUT2D eigenvalue weighted by atomic mass is 35.5. The van der Waals surface area contributed by atoms with Gasteiger partial charge in [-0.2, -0.15) is 0 Å². The number of benzene rings is 2. The quantitative estimate of drug-likeness (QED) is 0.118. The molecule has 0 bridgehead atoms. The molecule has 2 aromatic carbocycles. The number of imide groups is 2. The van der Waals surface area contributed by atoms with E-state index in [1.807, 2.05) is 12.1 Å². The van der Waals surface area contributed by atoms with Gasteiger partial charge in [0.2, 0.25) is 0 Å². The molecule has 0 unspecified atom stereocenters. The molecule has 2 fully saturated rings. The molecular weight excluding hydrogens is 850 g/mol. The van der Waals surface area contributed by atoms with Crippen LogP contribution in [0.2, 0.25) is 5.15 Å². The fourth-order valence-corrected chi connectivity index (χ4v) is 8.57. The monoisotopic (exact) mass is 883 g/mol. The van der Waals surface area contributed by atoms with E-state index >= 15 is 0 Å². The van der Waals surface area contributed by atoms with Crippen molar-refractivity contribution >= 4 is 81.0 Å². The van der Waals surface area contributed by atoms with Gasteiger partial charge in [-0.15, -0.1) is 0 Å². The van der Waals surface area contributed by atoms with E-state index < -0.39 is 35.0 Å². The lowest BCUT2D eigenvalue weighted by molar-refractivity contribution is -0.126. The van der Waals surface area contributed by atoms with Crippen molar-refractivity contribution in [2.24, 2.45) is 4.99 Å². The van der Waals surface area contributed by atoms with Gasteiger partial charge in [0, 0.05) is 71.3 Å². The summed E-state index contributed by atoms with van der Waals surface area (Å²) in [6, 6.07) is 15.8. The Morgan fingerprint density at radius 3 is 1.67 bits per heavy atom. The van der Waals surface area contributed by atoms with E-state index in [9.17, 15) is 28.8 Å². The topological polar surface area (TPSA) is 240 Å². The summed E-state index contributed by atoms with van der Waals surface area (Å²) in [6.45, 7) is 0.977. The second-order valence-corrected chi connectivity index (χ2v) is 15.9. The largest absolute Gasteiger partial charge is 0.497 e. The number of rotatable bonds is 9. The Morgan fingerprint density at radius 1 is 0.688 bits per heavy atom. The van der Waals surface area contributed by atoms with E-state index in [4.69, 9.17) is 29.9 Å². The molecule has 64 heavy (non-hydrogen) atoms. The maximum absolute atomic E-state index is 13.1. The first-order valence-corrected chi connectivity index (χ1v) is 20.1. The highest BCUT2D eigenvalue weighted by molar-refractivity contribution is 6.30. The first-order chi connectivity index (χ1) is 30.9. The third-order valence-corrected chi connectivity index (χ3v) is 11.9. The second kappa shape index (κ2) is 15.1. The molecule has 8 amide bonds. The summed E-state index contributed by atoms with van der Waals surface area (Å²) in [5, 5.41) is 11.4. The summed E-state index contributed by atoms with van der Waals surface area (Å²) in [4.78, 5) is 92.0. The van der Waals surface area contributed by atoms with Gasteiger partial charge in [-0.05, 0) is 47.5 Å². The van der Waals surface area contributed by atoms with Gasteiger partial charge < -0.3 is 38.7 Å². The average molecular weight is 884 g/mol. The summed E-state index contributed by atoms with van der Waals surface area (Å²) < 4.78 is 22.4. The van der Waals surface area contributed by atoms with Gasteiger partial charge in [0.05, 0.1) is 39.5 Å². The Morgan fingerprint density at radius 2 is 1.20 bits per heavy atom. The van der Waals surface area contributed by atoms with Gasteiger partial charge in [-0.1, -0.05) is 29.8 Å². The number of methoxy groups -OCH3 is 2. The SMILES string of the molecule is COc1ccc2c(c1)C(=O)N(C[C@@]1(c3cc4cnc(C5=CCN=C5)cc4o3)NC(=O)NC1=O)C2.COc1ccc2c(c1)C(=O)N(C[C@@]1(c3cc4cnc(Cl)cc4o3)NC(=O)NC1=O)C2. The molecule has 20 heteroatoms. The number of pyridine rings is 2. The van der Waals surface area contributed by atoms with E-state index in [0.29, 0.717) is 63.3 Å². The van der Waals surface area contributed by atoms with E-state index in [0.717, 1.165) is 16.7 Å². The highest BCUT2D eigenvalue weighted by Crippen LogP contribution is 2.37. The molecule has 6 aromatic rings. The molecule has 0 spiro atoms. The number of halogens is 1. The molecule has 322 valence electrons. The molecule has 5 aliphatic rings. The minimum atomic E-state index is -1.58. The smallest absolute Gasteiger partial charge is 0.322 e. The molecule has 4 N–H and O–H groups in total. The van der Waals surface area contributed by atoms with E-state index in [1.54, 1.807) is 60.9 Å². The normalized spacial score (nSPS) is 20.8. The van der Waals surface area contributed by atoms with E-state index in [-0.39, 0.29) is 48.1 Å². The maximum atomic E-state index is 13.1. The zero-order chi connectivity index (χ0) is 44.5. The third kappa shape index (κ3) is 6.64. The second-order valence-electron chi connectivity index (χ2n) is 15.5. The van der Waals surface area contributed by atoms with Crippen LogP contribution in [0, 0.1) is 0 Å². The van der Waals surface area contributed by atoms with Gasteiger partial charge in [0.15, 0.2) is 11.1 Å². The Hall–Kier alpha value is -8.06. The van der Waals surface area contributed by atoms with Crippen molar-refractivity contribution in [3.05, 3.63) is 124 Å². The van der Waals surface area contributed by atoms with Gasteiger partial charge in [-0.3, -0.25) is 39.8 Å². The number of carbonyl (C=O) groups excluding carboxylic acids is 6. The first kappa shape index (κ1) is 40.0. The average Bonchev–Trinajstić information content (AvgIpc) is 4.17. The molecular formula is C44H34ClN9O10. The lowest BCUT2D eigenvalue weighted by atomic mass is 9.95. The van der Waals surface area contributed by atoms with Gasteiger partial charge in [-0.25, -0.2) is 14.6 Å². The van der Waals surface area contributed by atoms with Crippen LogP contribution in [0.5, 0.6) is 11.5 Å². The molecule has 19 nitrogen and oxygen atoms in total. The maximum Gasteiger partial charge on any atom is 0.322 e. The number of amides is 8. The first-order valence-electron chi connectivity index (χ1n) is 19.7. The minimum Gasteiger partial charge on any atom is -0.497 e. The summed E-state index contributed by atoms with van der Waals surface area (Å²) in [7, 11) is 3.05. The number of nitrogens with zero attached hydrogens (tertiary/aromatic N) is 5. The fourth-order valence-electron chi connectivity index (χ4n) is 8.42. The standard InChI is InChI=1S/C24H19N5O5.C20H15ClN4O5/c1-33-16-3-2-14-11-29(21(30)17(14)7-16)12-24(22(31)27-23(32)28-24)20-6-15-10-26-18(8-19(15)34-20)13-4-5-25-9-13;1-29-12-3-2-10-8-25(17(26)13(10)5-12)9-20(18(27)23-19(28)24-20)15-4-11-7-22-16(21)6-14(11)30-15/h2-4,6-10H,5,11-12H2,1H3,(H2,27,28,31,32);2-7H,8-9H2,1H3,(H2,23,24,27,28)/t24-;20-/m00/s1. The summed E-state index contributed by atoms with van der Waals surface area (Å²) in [5.41, 5.74) is 1.97. The van der Waals surface area contributed by atoms with Crippen LogP contribution in [0.15, 0.2) is 93.0 Å². The molecule has 0 saturated carbocycles. The number of urea groups is 2. The fraction of sp³-hybridized carbons (Fsp3) is 0.205. The van der Waals surface area contributed by atoms with Crippen LogP contribution < -0.4 is 30.7 Å². The number of hydrogen-bond acceptors (Lipinski definition) is 13. The van der Waals surface area contributed by atoms with Crippen LogP contribution in [0.3, 0.4) is 0 Å². The van der Waals surface area contributed by atoms with E-state index in [1.165, 1.54) is 36.3 Å². The van der Waals surface area contributed by atoms with Gasteiger partial charge >= 0.3 is 12.1 Å². The van der Waals surface area contributed by atoms with Crippen molar-refractivity contribution in [2.45, 2.75) is 24.2 Å². The van der Waals surface area contributed by atoms with Crippen LogP contribution in [-0.2, 0) is 33.8 Å². The minimum absolute atomic E-state index is 0.0989. The summed E-state index contributed by atoms with van der Waals surface area (Å²) in [5.74, 6) is -0.172. The molecule has 11 rings (SSSR count). The number of fused-ring (bicyclic) bond motifs is 4. The number of nitrogens with one attached hydrogen (secondary N) is 4. The number of allylic oxidation sites excluding steroid dienone is 1. The molecule has 2 atom stereocenters. The highest BCUT2D eigenvalue weighted by Gasteiger charge is 2.54. The van der Waals surface area contributed by atoms with Crippen LogP contribution in [0.25, 0.3) is 27.5 Å². The number of aliphatic imine (C=N–C) groups is 1. The van der Waals surface area contributed by atoms with Crippen molar-refractivity contribution in [2.75, 3.05) is 33.9 Å². The lowest BCUT2D eigenvalue weighted by Crippen LogP contribution is -2.52. The third-order valence-electron chi connectivity index (χ3n) is 11.7. The van der Waals surface area contributed by atoms with Gasteiger partial charge in [0.1, 0.15) is 39.3 Å². The molecule has 4 aromatic heterocycles. The number of hydrogen-bond donors (Lipinski definition) is 4. The number of carbonyl (C=O) groups is 6. The molecule has 0 radical (unpaired) electrons. The molecule has 2 saturated heterocycles. The summed E-state index contributed by atoms with van der Waals surface area (Å²) in [6.07, 6.45) is 6.86. The van der Waals surface area contributed by atoms with Crippen molar-refractivity contribution < 1.29 is 47.1 Å². The van der Waals surface area contributed by atoms with Crippen molar-refractivity contribution in [3.8, 4) is 11.5 Å². The Labute approximate surface area is 366 Å². The lowest BCUT2D eigenvalue weighted by Gasteiger charge is -2.29. The van der Waals surface area contributed by atoms with Crippen LogP contribution in [-0.4, -0.2) is 95.5 Å². The predicted octanol–water partition coefficient (Wildman–Crippen LogP) is 4.18. The zero-order valence-corrected chi connectivity index (χ0v) is 34.6. The van der Waals surface area contributed by atoms with E-state index in [2.05, 4.69) is 36.2 Å². The zero-order valence-electron chi connectivity index (χ0n) is 33.8. The molecule has 5 aliphatic heterocycles. The predicted molar refractivity (Wildman–Crippen MR) is 227 cm³/mol. The van der Waals surface area contributed by atoms with Crippen molar-refractivity contribution in [1.82, 2.24) is 41.0 Å². The Balaban J connectivity index is 0.000000153. The Kier molecular flexibility index (Phi) is 9.44. The number of furan rings is 2. The number of ether oxygens (including phenoxy) is 2. The van der Waals surface area contributed by atoms with Crippen molar-refractivity contribution in [1.29, 1.82) is 0 Å². The Bertz CT molecular complexity index is 3110. The molecule has 0 aliphatic carbocycles. The van der Waals surface area contributed by atoms with Crippen LogP contribution in [0.4, 0.5) is 9.59 Å². The van der Waals surface area contributed by atoms with Crippen molar-refractivity contribution in [3.63, 3.8) is 0 Å².